The molecule has 4 aromatic rings. The fourth-order valence-corrected chi connectivity index (χ4v) is 4.83. The third kappa shape index (κ3) is 4.30. The van der Waals surface area contributed by atoms with Crippen molar-refractivity contribution in [2.75, 3.05) is 0 Å². The third-order valence-corrected chi connectivity index (χ3v) is 6.68. The minimum absolute atomic E-state index is 0.233. The van der Waals surface area contributed by atoms with Crippen LogP contribution in [-0.4, -0.2) is 14.8 Å². The summed E-state index contributed by atoms with van der Waals surface area (Å²) in [5.41, 5.74) is 2.06. The number of aromatic nitrogens is 3. The predicted octanol–water partition coefficient (Wildman–Crippen LogP) is 6.85. The summed E-state index contributed by atoms with van der Waals surface area (Å²) in [6, 6.07) is 25.8. The zero-order valence-electron chi connectivity index (χ0n) is 17.0. The van der Waals surface area contributed by atoms with Crippen molar-refractivity contribution in [2.45, 2.75) is 35.3 Å². The molecule has 0 amide bonds. The smallest absolute Gasteiger partial charge is 0.274 e. The molecule has 1 fully saturated rings. The molecule has 0 spiro atoms. The second kappa shape index (κ2) is 8.47. The van der Waals surface area contributed by atoms with E-state index >= 15 is 0 Å². The van der Waals surface area contributed by atoms with Gasteiger partial charge in [0.15, 0.2) is 5.16 Å². The average molecular weight is 451 g/mol. The summed E-state index contributed by atoms with van der Waals surface area (Å²) in [6.07, 6.45) is -2.19. The van der Waals surface area contributed by atoms with Crippen molar-refractivity contribution in [3.63, 3.8) is 0 Å². The van der Waals surface area contributed by atoms with Gasteiger partial charge in [-0.15, -0.1) is 10.2 Å². The Balaban J connectivity index is 1.56. The van der Waals surface area contributed by atoms with Crippen LogP contribution in [0, 0.1) is 6.07 Å². The Morgan fingerprint density at radius 3 is 2.16 bits per heavy atom. The molecule has 1 radical (unpaired) electrons. The molecule has 1 saturated carbocycles. The highest BCUT2D eigenvalue weighted by Crippen LogP contribution is 2.45. The summed E-state index contributed by atoms with van der Waals surface area (Å²) >= 11 is 1.49. The van der Waals surface area contributed by atoms with E-state index in [1.165, 1.54) is 11.8 Å². The van der Waals surface area contributed by atoms with E-state index in [1.54, 1.807) is 12.1 Å². The molecule has 1 aliphatic rings. The maximum atomic E-state index is 13.1. The van der Waals surface area contributed by atoms with Gasteiger partial charge in [-0.25, -0.2) is 0 Å². The molecule has 0 saturated heterocycles. The van der Waals surface area contributed by atoms with Crippen molar-refractivity contribution in [2.24, 2.45) is 0 Å². The second-order valence-corrected chi connectivity index (χ2v) is 8.81. The molecular weight excluding hydrogens is 431 g/mol. The minimum atomic E-state index is -4.36. The highest BCUT2D eigenvalue weighted by molar-refractivity contribution is 7.99. The van der Waals surface area contributed by atoms with E-state index in [1.807, 2.05) is 54.6 Å². The van der Waals surface area contributed by atoms with Crippen LogP contribution in [0.4, 0.5) is 13.2 Å². The van der Waals surface area contributed by atoms with Crippen molar-refractivity contribution in [3.05, 3.63) is 107 Å². The van der Waals surface area contributed by atoms with E-state index in [0.29, 0.717) is 11.1 Å². The predicted molar refractivity (Wildman–Crippen MR) is 118 cm³/mol. The zero-order valence-corrected chi connectivity index (χ0v) is 17.8. The van der Waals surface area contributed by atoms with Crippen LogP contribution in [0.3, 0.4) is 0 Å². The third-order valence-electron chi connectivity index (χ3n) is 5.43. The van der Waals surface area contributed by atoms with Gasteiger partial charge in [0.2, 0.25) is 0 Å². The molecule has 0 N–H and O–H groups in total. The number of hydrogen-bond acceptors (Lipinski definition) is 3. The molecule has 32 heavy (non-hydrogen) atoms. The van der Waals surface area contributed by atoms with Crippen LogP contribution in [0.1, 0.15) is 46.5 Å². The molecule has 1 heterocycles. The Morgan fingerprint density at radius 2 is 1.53 bits per heavy atom. The molecule has 3 aromatic carbocycles. The van der Waals surface area contributed by atoms with Crippen molar-refractivity contribution in [1.82, 2.24) is 14.8 Å². The highest BCUT2D eigenvalue weighted by atomic mass is 32.2. The molecule has 1 unspecified atom stereocenters. The average Bonchev–Trinajstić information content (AvgIpc) is 3.57. The monoisotopic (exact) mass is 450 g/mol. The lowest BCUT2D eigenvalue weighted by Gasteiger charge is -2.19. The maximum Gasteiger partial charge on any atom is 0.416 e. The van der Waals surface area contributed by atoms with Crippen LogP contribution in [0.2, 0.25) is 0 Å². The topological polar surface area (TPSA) is 30.7 Å². The number of halogens is 3. The molecule has 0 bridgehead atoms. The summed E-state index contributed by atoms with van der Waals surface area (Å²) in [5, 5.41) is 9.44. The second-order valence-electron chi connectivity index (χ2n) is 7.74. The molecule has 5 rings (SSSR count). The van der Waals surface area contributed by atoms with E-state index < -0.39 is 11.7 Å². The molecule has 7 heteroatoms. The van der Waals surface area contributed by atoms with E-state index in [-0.39, 0.29) is 5.25 Å². The van der Waals surface area contributed by atoms with Gasteiger partial charge in [-0.1, -0.05) is 66.4 Å². The van der Waals surface area contributed by atoms with Gasteiger partial charge in [-0.2, -0.15) is 13.2 Å². The lowest BCUT2D eigenvalue weighted by Crippen LogP contribution is -2.06. The van der Waals surface area contributed by atoms with Crippen LogP contribution < -0.4 is 0 Å². The van der Waals surface area contributed by atoms with Gasteiger partial charge >= 0.3 is 6.18 Å². The van der Waals surface area contributed by atoms with E-state index in [2.05, 4.69) is 20.8 Å². The Bertz CT molecular complexity index is 1180. The number of thioether (sulfide) groups is 1. The van der Waals surface area contributed by atoms with Crippen LogP contribution in [0.5, 0.6) is 0 Å². The Morgan fingerprint density at radius 1 is 0.875 bits per heavy atom. The SMILES string of the molecule is FC(F)(F)c1ccc(C(Sc2nnc(C3CC3)n2-c2cc[c]cc2)c2ccccc2)cc1. The number of alkyl halides is 3. The molecular formula is C25H19F3N3S. The number of hydrogen-bond donors (Lipinski definition) is 0. The fraction of sp³-hybridized carbons (Fsp3) is 0.200. The van der Waals surface area contributed by atoms with Crippen molar-refractivity contribution in [3.8, 4) is 5.69 Å². The molecule has 161 valence electrons. The summed E-state index contributed by atoms with van der Waals surface area (Å²) in [7, 11) is 0. The maximum absolute atomic E-state index is 13.1. The lowest BCUT2D eigenvalue weighted by molar-refractivity contribution is -0.137. The summed E-state index contributed by atoms with van der Waals surface area (Å²) in [6.45, 7) is 0. The van der Waals surface area contributed by atoms with E-state index in [9.17, 15) is 13.2 Å². The lowest BCUT2D eigenvalue weighted by atomic mass is 10.0. The first kappa shape index (κ1) is 20.8. The summed E-state index contributed by atoms with van der Waals surface area (Å²) in [4.78, 5) is 0. The van der Waals surface area contributed by atoms with Gasteiger partial charge in [-0.3, -0.25) is 4.57 Å². The van der Waals surface area contributed by atoms with Crippen molar-refractivity contribution in [1.29, 1.82) is 0 Å². The van der Waals surface area contributed by atoms with Gasteiger partial charge in [0, 0.05) is 11.6 Å². The molecule has 0 aliphatic heterocycles. The van der Waals surface area contributed by atoms with Gasteiger partial charge in [0.25, 0.3) is 0 Å². The van der Waals surface area contributed by atoms with Crippen LogP contribution in [0.15, 0.2) is 84.0 Å². The standard InChI is InChI=1S/C25H19F3N3S/c26-25(27,28)20-15-13-18(14-16-20)22(17-7-3-1-4-8-17)32-24-30-29-23(19-11-12-19)31(24)21-9-5-2-6-10-21/h1,3-10,13-16,19,22H,11-12H2. The van der Waals surface area contributed by atoms with Crippen LogP contribution in [-0.2, 0) is 6.18 Å². The van der Waals surface area contributed by atoms with Crippen LogP contribution in [0.25, 0.3) is 5.69 Å². The molecule has 1 aliphatic carbocycles. The van der Waals surface area contributed by atoms with Gasteiger partial charge < -0.3 is 0 Å². The number of benzene rings is 3. The Hall–Kier alpha value is -3.06. The first-order valence-corrected chi connectivity index (χ1v) is 11.2. The minimum Gasteiger partial charge on any atom is -0.274 e. The Labute approximate surface area is 188 Å². The highest BCUT2D eigenvalue weighted by Gasteiger charge is 2.33. The fourth-order valence-electron chi connectivity index (χ4n) is 3.64. The van der Waals surface area contributed by atoms with E-state index in [0.717, 1.165) is 47.6 Å². The molecule has 1 atom stereocenters. The Kier molecular flexibility index (Phi) is 5.51. The van der Waals surface area contributed by atoms with Gasteiger partial charge in [0.1, 0.15) is 5.82 Å². The summed E-state index contributed by atoms with van der Waals surface area (Å²) in [5.74, 6) is 1.32. The number of rotatable bonds is 6. The zero-order chi connectivity index (χ0) is 22.1. The number of nitrogens with zero attached hydrogens (tertiary/aromatic N) is 3. The summed E-state index contributed by atoms with van der Waals surface area (Å²) < 4.78 is 41.3. The largest absolute Gasteiger partial charge is 0.416 e. The van der Waals surface area contributed by atoms with Crippen molar-refractivity contribution < 1.29 is 13.2 Å². The normalized spacial score (nSPS) is 15.0. The van der Waals surface area contributed by atoms with Gasteiger partial charge in [-0.05, 0) is 54.3 Å². The quantitative estimate of drug-likeness (QED) is 0.301. The molecule has 1 aromatic heterocycles. The first-order valence-electron chi connectivity index (χ1n) is 10.3. The van der Waals surface area contributed by atoms with Gasteiger partial charge in [0.05, 0.1) is 10.8 Å². The van der Waals surface area contributed by atoms with E-state index in [4.69, 9.17) is 0 Å². The first-order chi connectivity index (χ1) is 15.5. The molecule has 3 nitrogen and oxygen atoms in total. The van der Waals surface area contributed by atoms with Crippen LogP contribution >= 0.6 is 11.8 Å². The van der Waals surface area contributed by atoms with Crippen molar-refractivity contribution >= 4 is 11.8 Å².